The first-order valence-electron chi connectivity index (χ1n) is 3.38. The Bertz CT molecular complexity index is 137. The smallest absolute Gasteiger partial charge is 0.0274 e. The van der Waals surface area contributed by atoms with Gasteiger partial charge in [0, 0.05) is 5.87 Å². The number of hydrogen-bond acceptors (Lipinski definition) is 2. The van der Waals surface area contributed by atoms with Crippen molar-refractivity contribution in [1.29, 1.82) is 0 Å². The highest BCUT2D eigenvalue weighted by Gasteiger charge is 2.03. The van der Waals surface area contributed by atoms with Crippen LogP contribution < -0.4 is 0 Å². The van der Waals surface area contributed by atoms with Crippen molar-refractivity contribution >= 4 is 5.87 Å². The van der Waals surface area contributed by atoms with Crippen LogP contribution in [0.2, 0.25) is 0 Å². The van der Waals surface area contributed by atoms with E-state index in [0.717, 1.165) is 12.8 Å². The molecular weight excluding hydrogens is 114 g/mol. The first-order chi connectivity index (χ1) is 4.43. The zero-order valence-corrected chi connectivity index (χ0v) is 5.43. The Balaban J connectivity index is 2.49. The van der Waals surface area contributed by atoms with Crippen LogP contribution >= 0.6 is 0 Å². The lowest BCUT2D eigenvalue weighted by Gasteiger charge is -2.08. The molecule has 2 nitrogen and oxygen atoms in total. The van der Waals surface area contributed by atoms with Crippen LogP contribution in [0.3, 0.4) is 0 Å². The summed E-state index contributed by atoms with van der Waals surface area (Å²) in [5.74, 6) is 2.58. The van der Waals surface area contributed by atoms with Crippen molar-refractivity contribution in [2.24, 2.45) is 5.16 Å². The molecule has 1 rings (SSSR count). The van der Waals surface area contributed by atoms with Gasteiger partial charge >= 0.3 is 0 Å². The highest BCUT2D eigenvalue weighted by Crippen LogP contribution is 2.19. The average molecular weight is 125 g/mol. The lowest BCUT2D eigenvalue weighted by atomic mass is 9.96. The maximum Gasteiger partial charge on any atom is 0.0274 e. The third kappa shape index (κ3) is 1.90. The van der Waals surface area contributed by atoms with Crippen LogP contribution in [0.4, 0.5) is 0 Å². The molecule has 1 aliphatic rings. The molecule has 0 atom stereocenters. The van der Waals surface area contributed by atoms with E-state index >= 15 is 0 Å². The van der Waals surface area contributed by atoms with E-state index in [1.165, 1.54) is 24.8 Å². The van der Waals surface area contributed by atoms with Gasteiger partial charge in [0.05, 0.1) is 0 Å². The molecule has 0 aromatic rings. The summed E-state index contributed by atoms with van der Waals surface area (Å²) in [5, 5.41) is 11.0. The SMILES string of the molecule is ON=C=C1CCCCC1. The van der Waals surface area contributed by atoms with Crippen LogP contribution in [0.1, 0.15) is 32.1 Å². The summed E-state index contributed by atoms with van der Waals surface area (Å²) >= 11 is 0. The molecule has 0 aromatic heterocycles. The van der Waals surface area contributed by atoms with E-state index in [1.54, 1.807) is 0 Å². The Hall–Kier alpha value is -0.750. The van der Waals surface area contributed by atoms with Gasteiger partial charge in [0.15, 0.2) is 0 Å². The Morgan fingerprint density at radius 3 is 2.44 bits per heavy atom. The highest BCUT2D eigenvalue weighted by atomic mass is 16.4. The van der Waals surface area contributed by atoms with Crippen molar-refractivity contribution in [3.63, 3.8) is 0 Å². The number of hydrogen-bond donors (Lipinski definition) is 1. The van der Waals surface area contributed by atoms with Crippen molar-refractivity contribution in [2.75, 3.05) is 0 Å². The minimum atomic E-state index is 1.07. The third-order valence-electron chi connectivity index (χ3n) is 1.67. The topological polar surface area (TPSA) is 32.6 Å². The summed E-state index contributed by atoms with van der Waals surface area (Å²) < 4.78 is 0. The molecule has 0 spiro atoms. The molecule has 0 bridgehead atoms. The fraction of sp³-hybridized carbons (Fsp3) is 0.714. The van der Waals surface area contributed by atoms with Crippen LogP contribution in [0.15, 0.2) is 10.7 Å². The van der Waals surface area contributed by atoms with Gasteiger partial charge in [-0.3, -0.25) is 0 Å². The largest absolute Gasteiger partial charge is 0.404 e. The van der Waals surface area contributed by atoms with Crippen molar-refractivity contribution in [3.05, 3.63) is 5.57 Å². The summed E-state index contributed by atoms with van der Waals surface area (Å²) in [4.78, 5) is 0. The third-order valence-corrected chi connectivity index (χ3v) is 1.67. The molecule has 1 N–H and O–H groups in total. The number of allylic oxidation sites excluding steroid dienone is 1. The summed E-state index contributed by atoms with van der Waals surface area (Å²) in [6.45, 7) is 0. The molecule has 0 unspecified atom stereocenters. The van der Waals surface area contributed by atoms with Crippen molar-refractivity contribution in [1.82, 2.24) is 0 Å². The number of nitrogens with zero attached hydrogens (tertiary/aromatic N) is 1. The van der Waals surface area contributed by atoms with Gasteiger partial charge in [-0.1, -0.05) is 6.42 Å². The second-order valence-corrected chi connectivity index (χ2v) is 2.38. The molecular formula is C7H11NO. The van der Waals surface area contributed by atoms with Crippen LogP contribution in [-0.2, 0) is 0 Å². The fourth-order valence-corrected chi connectivity index (χ4v) is 1.16. The maximum absolute atomic E-state index is 8.11. The quantitative estimate of drug-likeness (QED) is 0.299. The van der Waals surface area contributed by atoms with Gasteiger partial charge in [-0.2, -0.15) is 0 Å². The molecule has 0 aliphatic heterocycles. The Morgan fingerprint density at radius 2 is 1.89 bits per heavy atom. The Labute approximate surface area is 54.9 Å². The van der Waals surface area contributed by atoms with E-state index in [0.29, 0.717) is 0 Å². The Morgan fingerprint density at radius 1 is 1.22 bits per heavy atom. The molecule has 0 saturated heterocycles. The zero-order chi connectivity index (χ0) is 6.53. The van der Waals surface area contributed by atoms with Gasteiger partial charge in [0.2, 0.25) is 0 Å². The number of rotatable bonds is 0. The van der Waals surface area contributed by atoms with Crippen LogP contribution in [0, 0.1) is 0 Å². The van der Waals surface area contributed by atoms with Crippen LogP contribution in [0.5, 0.6) is 0 Å². The molecule has 50 valence electrons. The fourth-order valence-electron chi connectivity index (χ4n) is 1.16. The zero-order valence-electron chi connectivity index (χ0n) is 5.43. The van der Waals surface area contributed by atoms with E-state index in [2.05, 4.69) is 11.0 Å². The van der Waals surface area contributed by atoms with Gasteiger partial charge < -0.3 is 5.21 Å². The summed E-state index contributed by atoms with van der Waals surface area (Å²) in [7, 11) is 0. The monoisotopic (exact) mass is 125 g/mol. The molecule has 0 aromatic carbocycles. The first-order valence-corrected chi connectivity index (χ1v) is 3.38. The van der Waals surface area contributed by atoms with E-state index in [9.17, 15) is 0 Å². The molecule has 1 aliphatic carbocycles. The molecule has 2 heteroatoms. The van der Waals surface area contributed by atoms with Crippen molar-refractivity contribution < 1.29 is 5.21 Å². The normalized spacial score (nSPS) is 18.9. The summed E-state index contributed by atoms with van der Waals surface area (Å²) in [5.41, 5.74) is 1.17. The van der Waals surface area contributed by atoms with E-state index in [1.807, 2.05) is 0 Å². The molecule has 9 heavy (non-hydrogen) atoms. The van der Waals surface area contributed by atoms with Gasteiger partial charge in [-0.05, 0) is 36.4 Å². The highest BCUT2D eigenvalue weighted by molar-refractivity contribution is 5.57. The van der Waals surface area contributed by atoms with Gasteiger partial charge in [-0.25, -0.2) is 0 Å². The van der Waals surface area contributed by atoms with Crippen LogP contribution in [-0.4, -0.2) is 11.1 Å². The minimum Gasteiger partial charge on any atom is -0.404 e. The van der Waals surface area contributed by atoms with E-state index in [4.69, 9.17) is 5.21 Å². The van der Waals surface area contributed by atoms with E-state index in [-0.39, 0.29) is 0 Å². The van der Waals surface area contributed by atoms with Gasteiger partial charge in [0.1, 0.15) is 0 Å². The molecule has 0 amide bonds. The average Bonchev–Trinajstić information content (AvgIpc) is 1.91. The molecule has 1 saturated carbocycles. The summed E-state index contributed by atoms with van der Waals surface area (Å²) in [6, 6.07) is 0. The second kappa shape index (κ2) is 3.31. The standard InChI is InChI=1S/C7H11NO/c9-8-6-7-4-2-1-3-5-7/h9H,1-5H2. The lowest BCUT2D eigenvalue weighted by Crippen LogP contribution is -1.93. The maximum atomic E-state index is 8.11. The first kappa shape index (κ1) is 6.37. The second-order valence-electron chi connectivity index (χ2n) is 2.38. The predicted octanol–water partition coefficient (Wildman–Crippen LogP) is 1.94. The van der Waals surface area contributed by atoms with Crippen LogP contribution in [0.25, 0.3) is 0 Å². The molecule has 0 heterocycles. The molecule has 1 fully saturated rings. The lowest BCUT2D eigenvalue weighted by molar-refractivity contribution is 0.322. The Kier molecular flexibility index (Phi) is 2.34. The molecule has 0 radical (unpaired) electrons. The van der Waals surface area contributed by atoms with E-state index < -0.39 is 0 Å². The minimum absolute atomic E-state index is 1.07. The summed E-state index contributed by atoms with van der Waals surface area (Å²) in [6.07, 6.45) is 5.93. The van der Waals surface area contributed by atoms with Crippen molar-refractivity contribution in [3.8, 4) is 0 Å². The predicted molar refractivity (Wildman–Crippen MR) is 35.8 cm³/mol. The van der Waals surface area contributed by atoms with Gasteiger partial charge in [-0.15, -0.1) is 0 Å². The van der Waals surface area contributed by atoms with Gasteiger partial charge in [0.25, 0.3) is 0 Å². The van der Waals surface area contributed by atoms with Crippen molar-refractivity contribution in [2.45, 2.75) is 32.1 Å².